The quantitative estimate of drug-likeness (QED) is 0.867. The molecule has 0 aliphatic heterocycles. The molecule has 0 unspecified atom stereocenters. The highest BCUT2D eigenvalue weighted by Gasteiger charge is 2.07. The Morgan fingerprint density at radius 1 is 1.37 bits per heavy atom. The summed E-state index contributed by atoms with van der Waals surface area (Å²) in [5.41, 5.74) is 0.700. The molecule has 2 N–H and O–H groups in total. The standard InChI is InChI=1S/C13H15FN4O/c1-3-19-10-6-4-5-9(7-10)17-12-11(14)8-16-13(15-2)18-12/h4-8H,3H2,1-2H3,(H2,15,16,17,18). The predicted molar refractivity (Wildman–Crippen MR) is 72.4 cm³/mol. The molecular formula is C13H15FN4O. The number of halogens is 1. The third-order valence-electron chi connectivity index (χ3n) is 2.38. The van der Waals surface area contributed by atoms with Crippen LogP contribution in [0.4, 0.5) is 21.8 Å². The van der Waals surface area contributed by atoms with Crippen LogP contribution in [0.1, 0.15) is 6.92 Å². The van der Waals surface area contributed by atoms with Gasteiger partial charge < -0.3 is 15.4 Å². The van der Waals surface area contributed by atoms with E-state index < -0.39 is 5.82 Å². The van der Waals surface area contributed by atoms with Crippen molar-refractivity contribution in [3.8, 4) is 5.75 Å². The van der Waals surface area contributed by atoms with Gasteiger partial charge in [0.15, 0.2) is 11.6 Å². The van der Waals surface area contributed by atoms with Crippen molar-refractivity contribution < 1.29 is 9.13 Å². The van der Waals surface area contributed by atoms with Crippen molar-refractivity contribution >= 4 is 17.5 Å². The normalized spacial score (nSPS) is 10.1. The van der Waals surface area contributed by atoms with Crippen LogP contribution in [0.2, 0.25) is 0 Å². The average Bonchev–Trinajstić information content (AvgIpc) is 2.42. The zero-order chi connectivity index (χ0) is 13.7. The van der Waals surface area contributed by atoms with Crippen molar-refractivity contribution in [2.45, 2.75) is 6.92 Å². The van der Waals surface area contributed by atoms with E-state index in [1.165, 1.54) is 0 Å². The average molecular weight is 262 g/mol. The highest BCUT2D eigenvalue weighted by Crippen LogP contribution is 2.22. The molecule has 0 aliphatic carbocycles. The number of anilines is 3. The number of nitrogens with one attached hydrogen (secondary N) is 2. The van der Waals surface area contributed by atoms with Crippen LogP contribution in [-0.2, 0) is 0 Å². The Labute approximate surface area is 110 Å². The molecular weight excluding hydrogens is 247 g/mol. The number of benzene rings is 1. The van der Waals surface area contributed by atoms with Crippen LogP contribution < -0.4 is 15.4 Å². The summed E-state index contributed by atoms with van der Waals surface area (Å²) >= 11 is 0. The van der Waals surface area contributed by atoms with Gasteiger partial charge in [0, 0.05) is 18.8 Å². The van der Waals surface area contributed by atoms with Crippen molar-refractivity contribution in [3.63, 3.8) is 0 Å². The fourth-order valence-electron chi connectivity index (χ4n) is 1.54. The minimum atomic E-state index is -0.513. The minimum Gasteiger partial charge on any atom is -0.494 e. The van der Waals surface area contributed by atoms with Gasteiger partial charge in [-0.25, -0.2) is 9.37 Å². The van der Waals surface area contributed by atoms with Crippen LogP contribution in [-0.4, -0.2) is 23.6 Å². The van der Waals surface area contributed by atoms with Gasteiger partial charge in [0.2, 0.25) is 5.95 Å². The number of ether oxygens (including phenoxy) is 1. The summed E-state index contributed by atoms with van der Waals surface area (Å²) < 4.78 is 19.0. The Balaban J connectivity index is 2.22. The molecule has 19 heavy (non-hydrogen) atoms. The van der Waals surface area contributed by atoms with Gasteiger partial charge in [0.25, 0.3) is 0 Å². The number of aromatic nitrogens is 2. The molecule has 1 aromatic carbocycles. The predicted octanol–water partition coefficient (Wildman–Crippen LogP) is 2.80. The number of nitrogens with zero attached hydrogens (tertiary/aromatic N) is 2. The molecule has 0 aliphatic rings. The van der Waals surface area contributed by atoms with Crippen LogP contribution in [0.15, 0.2) is 30.5 Å². The highest BCUT2D eigenvalue weighted by atomic mass is 19.1. The molecule has 0 radical (unpaired) electrons. The van der Waals surface area contributed by atoms with E-state index in [1.54, 1.807) is 13.1 Å². The molecule has 0 bridgehead atoms. The smallest absolute Gasteiger partial charge is 0.224 e. The van der Waals surface area contributed by atoms with Crippen molar-refractivity contribution in [1.29, 1.82) is 0 Å². The Kier molecular flexibility index (Phi) is 4.12. The van der Waals surface area contributed by atoms with Crippen LogP contribution in [0.3, 0.4) is 0 Å². The maximum atomic E-state index is 13.6. The van der Waals surface area contributed by atoms with Crippen molar-refractivity contribution in [3.05, 3.63) is 36.3 Å². The summed E-state index contributed by atoms with van der Waals surface area (Å²) in [4.78, 5) is 7.80. The zero-order valence-corrected chi connectivity index (χ0v) is 10.8. The molecule has 1 heterocycles. The van der Waals surface area contributed by atoms with Crippen LogP contribution in [0.5, 0.6) is 5.75 Å². The fourth-order valence-corrected chi connectivity index (χ4v) is 1.54. The summed E-state index contributed by atoms with van der Waals surface area (Å²) in [6, 6.07) is 7.25. The van der Waals surface area contributed by atoms with Crippen LogP contribution in [0, 0.1) is 5.82 Å². The first-order chi connectivity index (χ1) is 9.22. The number of hydrogen-bond acceptors (Lipinski definition) is 5. The fraction of sp³-hybridized carbons (Fsp3) is 0.231. The molecule has 2 rings (SSSR count). The van der Waals surface area contributed by atoms with Gasteiger partial charge in [-0.3, -0.25) is 0 Å². The molecule has 0 amide bonds. The molecule has 0 atom stereocenters. The minimum absolute atomic E-state index is 0.119. The number of hydrogen-bond donors (Lipinski definition) is 2. The number of rotatable bonds is 5. The third kappa shape index (κ3) is 3.31. The largest absolute Gasteiger partial charge is 0.494 e. The molecule has 5 nitrogen and oxygen atoms in total. The highest BCUT2D eigenvalue weighted by molar-refractivity contribution is 5.59. The molecule has 0 spiro atoms. The summed E-state index contributed by atoms with van der Waals surface area (Å²) in [6.45, 7) is 2.48. The van der Waals surface area contributed by atoms with Gasteiger partial charge in [0.05, 0.1) is 12.8 Å². The Bertz CT molecular complexity index is 562. The zero-order valence-electron chi connectivity index (χ0n) is 10.8. The molecule has 100 valence electrons. The van der Waals surface area contributed by atoms with E-state index >= 15 is 0 Å². The molecule has 0 fully saturated rings. The van der Waals surface area contributed by atoms with E-state index in [0.29, 0.717) is 18.2 Å². The second kappa shape index (κ2) is 5.99. The van der Waals surface area contributed by atoms with Crippen LogP contribution >= 0.6 is 0 Å². The first-order valence-electron chi connectivity index (χ1n) is 5.93. The van der Waals surface area contributed by atoms with Crippen LogP contribution in [0.25, 0.3) is 0 Å². The van der Waals surface area contributed by atoms with Gasteiger partial charge in [-0.2, -0.15) is 4.98 Å². The Morgan fingerprint density at radius 2 is 2.21 bits per heavy atom. The molecule has 2 aromatic rings. The molecule has 6 heteroatoms. The van der Waals surface area contributed by atoms with E-state index in [2.05, 4.69) is 20.6 Å². The van der Waals surface area contributed by atoms with E-state index in [4.69, 9.17) is 4.74 Å². The first-order valence-corrected chi connectivity index (χ1v) is 5.93. The monoisotopic (exact) mass is 262 g/mol. The lowest BCUT2D eigenvalue weighted by Crippen LogP contribution is -2.03. The molecule has 0 saturated heterocycles. The van der Waals surface area contributed by atoms with Gasteiger partial charge in [0.1, 0.15) is 5.75 Å². The van der Waals surface area contributed by atoms with E-state index in [9.17, 15) is 4.39 Å². The lowest BCUT2D eigenvalue weighted by molar-refractivity contribution is 0.340. The summed E-state index contributed by atoms with van der Waals surface area (Å²) in [6.07, 6.45) is 1.12. The third-order valence-corrected chi connectivity index (χ3v) is 2.38. The van der Waals surface area contributed by atoms with E-state index in [-0.39, 0.29) is 5.82 Å². The SMILES string of the molecule is CCOc1cccc(Nc2nc(NC)ncc2F)c1. The topological polar surface area (TPSA) is 59.1 Å². The van der Waals surface area contributed by atoms with Gasteiger partial charge >= 0.3 is 0 Å². The van der Waals surface area contributed by atoms with Crippen molar-refractivity contribution in [2.75, 3.05) is 24.3 Å². The Hall–Kier alpha value is -2.37. The molecule has 1 aromatic heterocycles. The second-order valence-electron chi connectivity index (χ2n) is 3.73. The second-order valence-corrected chi connectivity index (χ2v) is 3.73. The van der Waals surface area contributed by atoms with Crippen molar-refractivity contribution in [2.24, 2.45) is 0 Å². The van der Waals surface area contributed by atoms with Gasteiger partial charge in [-0.1, -0.05) is 6.07 Å². The van der Waals surface area contributed by atoms with Crippen molar-refractivity contribution in [1.82, 2.24) is 9.97 Å². The lowest BCUT2D eigenvalue weighted by atomic mass is 10.3. The maximum Gasteiger partial charge on any atom is 0.224 e. The summed E-state index contributed by atoms with van der Waals surface area (Å²) in [5.74, 6) is 0.675. The van der Waals surface area contributed by atoms with Gasteiger partial charge in [-0.05, 0) is 19.1 Å². The molecule has 0 saturated carbocycles. The van der Waals surface area contributed by atoms with E-state index in [0.717, 1.165) is 11.9 Å². The maximum absolute atomic E-state index is 13.6. The summed E-state index contributed by atoms with van der Waals surface area (Å²) in [7, 11) is 1.67. The van der Waals surface area contributed by atoms with E-state index in [1.807, 2.05) is 25.1 Å². The Morgan fingerprint density at radius 3 is 2.95 bits per heavy atom. The van der Waals surface area contributed by atoms with Gasteiger partial charge in [-0.15, -0.1) is 0 Å². The lowest BCUT2D eigenvalue weighted by Gasteiger charge is -2.09. The first kappa shape index (κ1) is 13.1. The summed E-state index contributed by atoms with van der Waals surface area (Å²) in [5, 5.41) is 5.66.